The molecule has 6 heteroatoms. The minimum Gasteiger partial charge on any atom is -0.369 e. The fraction of sp³-hybridized carbons (Fsp3) is 0.438. The van der Waals surface area contributed by atoms with Crippen molar-refractivity contribution in [3.05, 3.63) is 41.4 Å². The van der Waals surface area contributed by atoms with E-state index in [1.807, 2.05) is 6.08 Å². The van der Waals surface area contributed by atoms with Crippen molar-refractivity contribution in [2.45, 2.75) is 19.4 Å². The molecule has 1 aromatic carbocycles. The molecule has 2 N–H and O–H groups in total. The molecule has 1 aromatic rings. The van der Waals surface area contributed by atoms with Gasteiger partial charge in [0.2, 0.25) is 0 Å². The number of rotatable bonds is 5. The highest BCUT2D eigenvalue weighted by Gasteiger charge is 2.23. The second-order valence-corrected chi connectivity index (χ2v) is 5.98. The molecule has 1 heterocycles. The molecular weight excluding hydrogens is 455 g/mol. The van der Waals surface area contributed by atoms with E-state index in [9.17, 15) is 0 Å². The summed E-state index contributed by atoms with van der Waals surface area (Å²) in [5.74, 6) is 0.875. The third kappa shape index (κ3) is 5.79. The predicted molar refractivity (Wildman–Crippen MR) is 109 cm³/mol. The van der Waals surface area contributed by atoms with Crippen LogP contribution in [0, 0.1) is 0 Å². The van der Waals surface area contributed by atoms with Gasteiger partial charge in [-0.2, -0.15) is 0 Å². The lowest BCUT2D eigenvalue weighted by Crippen LogP contribution is -2.44. The summed E-state index contributed by atoms with van der Waals surface area (Å²) in [6.07, 6.45) is 2.93. The Morgan fingerprint density at radius 2 is 2.18 bits per heavy atom. The predicted octanol–water partition coefficient (Wildman–Crippen LogP) is 3.39. The number of nitrogens with zero attached hydrogens (tertiary/aromatic N) is 2. The zero-order valence-electron chi connectivity index (χ0n) is 12.9. The molecule has 1 aliphatic heterocycles. The summed E-state index contributed by atoms with van der Waals surface area (Å²) < 4.78 is 1.12. The molecule has 122 valence electrons. The topological polar surface area (TPSA) is 39.7 Å². The molecule has 1 saturated heterocycles. The molecule has 0 bridgehead atoms. The number of aliphatic imine (C=N–C) groups is 1. The first-order valence-corrected chi connectivity index (χ1v) is 8.18. The van der Waals surface area contributed by atoms with Crippen molar-refractivity contribution in [1.82, 2.24) is 10.6 Å². The molecule has 22 heavy (non-hydrogen) atoms. The number of nitrogens with one attached hydrogen (secondary N) is 2. The Hall–Kier alpha value is -0.760. The Morgan fingerprint density at radius 3 is 2.82 bits per heavy atom. The van der Waals surface area contributed by atoms with Crippen LogP contribution in [0.15, 0.2) is 46.4 Å². The average molecular weight is 479 g/mol. The average Bonchev–Trinajstić information content (AvgIpc) is 2.94. The van der Waals surface area contributed by atoms with Gasteiger partial charge in [0.15, 0.2) is 5.96 Å². The smallest absolute Gasteiger partial charge is 0.191 e. The first-order valence-electron chi connectivity index (χ1n) is 7.39. The third-order valence-electron chi connectivity index (χ3n) is 3.44. The molecule has 2 rings (SSSR count). The lowest BCUT2D eigenvalue weighted by molar-refractivity contribution is 0.651. The van der Waals surface area contributed by atoms with Crippen molar-refractivity contribution in [2.24, 2.45) is 4.99 Å². The summed E-state index contributed by atoms with van der Waals surface area (Å²) in [6.45, 7) is 9.36. The SMILES string of the molecule is C=CCN=C(NCC)NC1CCN(c2ccc(Br)cc2)C1.I. The van der Waals surface area contributed by atoms with E-state index in [2.05, 4.69) is 74.2 Å². The Balaban J connectivity index is 0.00000242. The van der Waals surface area contributed by atoms with Crippen LogP contribution in [0.4, 0.5) is 5.69 Å². The van der Waals surface area contributed by atoms with Gasteiger partial charge in [0.05, 0.1) is 6.54 Å². The van der Waals surface area contributed by atoms with E-state index in [0.29, 0.717) is 12.6 Å². The lowest BCUT2D eigenvalue weighted by atomic mass is 10.3. The lowest BCUT2D eigenvalue weighted by Gasteiger charge is -2.20. The zero-order valence-corrected chi connectivity index (χ0v) is 16.8. The largest absolute Gasteiger partial charge is 0.369 e. The van der Waals surface area contributed by atoms with Crippen LogP contribution in [0.3, 0.4) is 0 Å². The number of anilines is 1. The minimum absolute atomic E-state index is 0. The summed E-state index contributed by atoms with van der Waals surface area (Å²) in [7, 11) is 0. The van der Waals surface area contributed by atoms with Gasteiger partial charge >= 0.3 is 0 Å². The number of hydrogen-bond donors (Lipinski definition) is 2. The summed E-state index contributed by atoms with van der Waals surface area (Å²) in [5, 5.41) is 6.78. The number of halogens is 2. The van der Waals surface area contributed by atoms with Gasteiger partial charge < -0.3 is 15.5 Å². The van der Waals surface area contributed by atoms with E-state index in [0.717, 1.165) is 36.5 Å². The van der Waals surface area contributed by atoms with Crippen LogP contribution in [0.2, 0.25) is 0 Å². The highest BCUT2D eigenvalue weighted by atomic mass is 127. The Labute approximate surface area is 158 Å². The van der Waals surface area contributed by atoms with Crippen molar-refractivity contribution in [3.63, 3.8) is 0 Å². The maximum absolute atomic E-state index is 4.46. The van der Waals surface area contributed by atoms with Crippen LogP contribution < -0.4 is 15.5 Å². The molecule has 1 atom stereocenters. The third-order valence-corrected chi connectivity index (χ3v) is 3.97. The number of hydrogen-bond acceptors (Lipinski definition) is 2. The van der Waals surface area contributed by atoms with Crippen LogP contribution in [0.1, 0.15) is 13.3 Å². The number of guanidine groups is 1. The van der Waals surface area contributed by atoms with Gasteiger partial charge in [-0.15, -0.1) is 30.6 Å². The maximum Gasteiger partial charge on any atom is 0.191 e. The summed E-state index contributed by atoms with van der Waals surface area (Å²) in [5.41, 5.74) is 1.27. The van der Waals surface area contributed by atoms with Crippen LogP contribution in [-0.4, -0.2) is 38.2 Å². The highest BCUT2D eigenvalue weighted by Crippen LogP contribution is 2.22. The van der Waals surface area contributed by atoms with Gasteiger partial charge in [0.25, 0.3) is 0 Å². The van der Waals surface area contributed by atoms with E-state index in [4.69, 9.17) is 0 Å². The van der Waals surface area contributed by atoms with Crippen LogP contribution >= 0.6 is 39.9 Å². The summed E-state index contributed by atoms with van der Waals surface area (Å²) in [4.78, 5) is 6.86. The van der Waals surface area contributed by atoms with Crippen molar-refractivity contribution in [1.29, 1.82) is 0 Å². The first-order chi connectivity index (χ1) is 10.2. The van der Waals surface area contributed by atoms with E-state index < -0.39 is 0 Å². The highest BCUT2D eigenvalue weighted by molar-refractivity contribution is 14.0. The van der Waals surface area contributed by atoms with E-state index in [-0.39, 0.29) is 24.0 Å². The van der Waals surface area contributed by atoms with E-state index in [1.165, 1.54) is 5.69 Å². The van der Waals surface area contributed by atoms with Crippen molar-refractivity contribution >= 4 is 51.6 Å². The molecular formula is C16H24BrIN4. The molecule has 0 amide bonds. The zero-order chi connectivity index (χ0) is 15.1. The second kappa shape index (κ2) is 10.1. The van der Waals surface area contributed by atoms with Gasteiger partial charge in [0, 0.05) is 35.8 Å². The normalized spacial score (nSPS) is 17.8. The minimum atomic E-state index is 0. The fourth-order valence-electron chi connectivity index (χ4n) is 2.43. The maximum atomic E-state index is 4.46. The quantitative estimate of drug-likeness (QED) is 0.295. The van der Waals surface area contributed by atoms with Gasteiger partial charge in [-0.25, -0.2) is 4.99 Å². The fourth-order valence-corrected chi connectivity index (χ4v) is 2.70. The summed E-state index contributed by atoms with van der Waals surface area (Å²) in [6, 6.07) is 8.92. The van der Waals surface area contributed by atoms with Gasteiger partial charge in [-0.05, 0) is 37.6 Å². The molecule has 0 radical (unpaired) electrons. The first kappa shape index (κ1) is 19.3. The van der Waals surface area contributed by atoms with Crippen LogP contribution in [0.25, 0.3) is 0 Å². The van der Waals surface area contributed by atoms with E-state index >= 15 is 0 Å². The summed E-state index contributed by atoms with van der Waals surface area (Å²) >= 11 is 3.48. The van der Waals surface area contributed by atoms with Gasteiger partial charge in [-0.1, -0.05) is 22.0 Å². The Bertz CT molecular complexity index is 489. The monoisotopic (exact) mass is 478 g/mol. The molecule has 1 unspecified atom stereocenters. The van der Waals surface area contributed by atoms with Crippen LogP contribution in [0.5, 0.6) is 0 Å². The van der Waals surface area contributed by atoms with Gasteiger partial charge in [0.1, 0.15) is 0 Å². The Kier molecular flexibility index (Phi) is 8.85. The number of benzene rings is 1. The molecule has 1 aliphatic rings. The van der Waals surface area contributed by atoms with Crippen LogP contribution in [-0.2, 0) is 0 Å². The van der Waals surface area contributed by atoms with Crippen molar-refractivity contribution in [2.75, 3.05) is 31.1 Å². The molecule has 0 spiro atoms. The molecule has 0 saturated carbocycles. The Morgan fingerprint density at radius 1 is 1.45 bits per heavy atom. The van der Waals surface area contributed by atoms with Crippen molar-refractivity contribution in [3.8, 4) is 0 Å². The molecule has 1 fully saturated rings. The molecule has 0 aromatic heterocycles. The molecule has 4 nitrogen and oxygen atoms in total. The van der Waals surface area contributed by atoms with E-state index in [1.54, 1.807) is 0 Å². The molecule has 0 aliphatic carbocycles. The second-order valence-electron chi connectivity index (χ2n) is 5.06. The van der Waals surface area contributed by atoms with Gasteiger partial charge in [-0.3, -0.25) is 0 Å². The van der Waals surface area contributed by atoms with Crippen molar-refractivity contribution < 1.29 is 0 Å². The standard InChI is InChI=1S/C16H23BrN4.HI/c1-3-10-19-16(18-4-2)20-14-9-11-21(12-14)15-7-5-13(17)6-8-15;/h3,5-8,14H,1,4,9-12H2,2H3,(H2,18,19,20);1H.